The number of rotatable bonds is 6. The topological polar surface area (TPSA) is 17.1 Å². The Morgan fingerprint density at radius 3 is 2.53 bits per heavy atom. The van der Waals surface area contributed by atoms with Crippen LogP contribution in [0.2, 0.25) is 0 Å². The van der Waals surface area contributed by atoms with Crippen LogP contribution in [-0.2, 0) is 4.79 Å². The normalized spacial score (nSPS) is 14.8. The molecular formula is C15H20OS. The van der Waals surface area contributed by atoms with Gasteiger partial charge >= 0.3 is 0 Å². The highest BCUT2D eigenvalue weighted by molar-refractivity contribution is 7.99. The van der Waals surface area contributed by atoms with Gasteiger partial charge in [-0.15, -0.1) is 0 Å². The van der Waals surface area contributed by atoms with Crippen molar-refractivity contribution in [3.63, 3.8) is 0 Å². The van der Waals surface area contributed by atoms with Gasteiger partial charge in [-0.2, -0.15) is 11.8 Å². The van der Waals surface area contributed by atoms with Gasteiger partial charge in [-0.25, -0.2) is 0 Å². The zero-order chi connectivity index (χ0) is 12.7. The summed E-state index contributed by atoms with van der Waals surface area (Å²) in [6.45, 7) is 5.93. The Hall–Kier alpha value is -1.02. The summed E-state index contributed by atoms with van der Waals surface area (Å²) in [5, 5.41) is 0.428. The summed E-state index contributed by atoms with van der Waals surface area (Å²) in [6.07, 6.45) is 3.69. The minimum Gasteiger partial charge on any atom is -0.295 e. The number of benzene rings is 1. The average Bonchev–Trinajstić information content (AvgIpc) is 2.34. The Bertz CT molecular complexity index is 370. The predicted molar refractivity (Wildman–Crippen MR) is 76.3 cm³/mol. The first kappa shape index (κ1) is 14.0. The van der Waals surface area contributed by atoms with Crippen molar-refractivity contribution >= 4 is 17.5 Å². The van der Waals surface area contributed by atoms with Crippen LogP contribution in [0.1, 0.15) is 31.6 Å². The van der Waals surface area contributed by atoms with Gasteiger partial charge < -0.3 is 0 Å². The lowest BCUT2D eigenvalue weighted by Crippen LogP contribution is -2.05. The SMILES string of the molecule is CCS[C@@H](c1ccccc1)[C@H](C)/C=C/C(C)=O. The zero-order valence-electron chi connectivity index (χ0n) is 10.7. The van der Waals surface area contributed by atoms with Gasteiger partial charge in [0.1, 0.15) is 0 Å². The van der Waals surface area contributed by atoms with Crippen LogP contribution in [0.4, 0.5) is 0 Å². The fraction of sp³-hybridized carbons (Fsp3) is 0.400. The minimum atomic E-state index is 0.116. The van der Waals surface area contributed by atoms with Crippen LogP contribution in [0.3, 0.4) is 0 Å². The molecule has 0 N–H and O–H groups in total. The molecule has 0 aliphatic rings. The van der Waals surface area contributed by atoms with Crippen LogP contribution in [-0.4, -0.2) is 11.5 Å². The van der Waals surface area contributed by atoms with E-state index in [0.717, 1.165) is 5.75 Å². The van der Waals surface area contributed by atoms with E-state index in [1.807, 2.05) is 23.9 Å². The molecule has 0 saturated carbocycles. The van der Waals surface area contributed by atoms with Gasteiger partial charge in [-0.3, -0.25) is 4.79 Å². The van der Waals surface area contributed by atoms with Gasteiger partial charge in [0.15, 0.2) is 5.78 Å². The second-order valence-corrected chi connectivity index (χ2v) is 5.53. The summed E-state index contributed by atoms with van der Waals surface area (Å²) in [6, 6.07) is 10.5. The van der Waals surface area contributed by atoms with E-state index in [1.165, 1.54) is 5.56 Å². The molecule has 0 aliphatic carbocycles. The molecule has 0 unspecified atom stereocenters. The number of ketones is 1. The summed E-state index contributed by atoms with van der Waals surface area (Å²) in [5.74, 6) is 1.56. The predicted octanol–water partition coefficient (Wildman–Crippen LogP) is 4.26. The van der Waals surface area contributed by atoms with E-state index in [0.29, 0.717) is 11.2 Å². The Morgan fingerprint density at radius 1 is 1.35 bits per heavy atom. The molecule has 0 aromatic heterocycles. The van der Waals surface area contributed by atoms with Crippen molar-refractivity contribution in [3.05, 3.63) is 48.0 Å². The average molecular weight is 248 g/mol. The van der Waals surface area contributed by atoms with Crippen LogP contribution in [0.15, 0.2) is 42.5 Å². The second kappa shape index (κ2) is 7.33. The molecule has 0 bridgehead atoms. The zero-order valence-corrected chi connectivity index (χ0v) is 11.5. The smallest absolute Gasteiger partial charge is 0.152 e. The van der Waals surface area contributed by atoms with Crippen molar-refractivity contribution in [2.45, 2.75) is 26.0 Å². The lowest BCUT2D eigenvalue weighted by molar-refractivity contribution is -0.112. The van der Waals surface area contributed by atoms with Crippen LogP contribution >= 0.6 is 11.8 Å². The summed E-state index contributed by atoms with van der Waals surface area (Å²) < 4.78 is 0. The van der Waals surface area contributed by atoms with Gasteiger partial charge in [0.25, 0.3) is 0 Å². The Labute approximate surface area is 108 Å². The fourth-order valence-electron chi connectivity index (χ4n) is 1.76. The van der Waals surface area contributed by atoms with Crippen LogP contribution < -0.4 is 0 Å². The van der Waals surface area contributed by atoms with E-state index >= 15 is 0 Å². The highest BCUT2D eigenvalue weighted by Gasteiger charge is 2.16. The Morgan fingerprint density at radius 2 is 2.00 bits per heavy atom. The highest BCUT2D eigenvalue weighted by atomic mass is 32.2. The van der Waals surface area contributed by atoms with E-state index in [4.69, 9.17) is 0 Å². The molecule has 2 heteroatoms. The Kier molecular flexibility index (Phi) is 6.06. The molecule has 0 aliphatic heterocycles. The largest absolute Gasteiger partial charge is 0.295 e. The fourth-order valence-corrected chi connectivity index (χ4v) is 2.87. The molecule has 0 fully saturated rings. The molecule has 1 nitrogen and oxygen atoms in total. The van der Waals surface area contributed by atoms with Crippen molar-refractivity contribution in [2.24, 2.45) is 5.92 Å². The van der Waals surface area contributed by atoms with Crippen molar-refractivity contribution in [3.8, 4) is 0 Å². The summed E-state index contributed by atoms with van der Waals surface area (Å²) in [5.41, 5.74) is 1.33. The molecule has 0 heterocycles. The molecule has 0 spiro atoms. The third-order valence-electron chi connectivity index (χ3n) is 2.59. The number of hydrogen-bond acceptors (Lipinski definition) is 2. The third-order valence-corrected chi connectivity index (χ3v) is 3.98. The van der Waals surface area contributed by atoms with Gasteiger partial charge in [0.05, 0.1) is 0 Å². The van der Waals surface area contributed by atoms with Crippen LogP contribution in [0.5, 0.6) is 0 Å². The third kappa shape index (κ3) is 4.78. The Balaban J connectivity index is 2.82. The monoisotopic (exact) mass is 248 g/mol. The maximum atomic E-state index is 11.0. The number of hydrogen-bond donors (Lipinski definition) is 0. The van der Waals surface area contributed by atoms with E-state index < -0.39 is 0 Å². The van der Waals surface area contributed by atoms with Gasteiger partial charge in [-0.1, -0.05) is 50.3 Å². The van der Waals surface area contributed by atoms with Crippen molar-refractivity contribution in [1.29, 1.82) is 0 Å². The first-order valence-corrected chi connectivity index (χ1v) is 7.05. The number of carbonyl (C=O) groups is 1. The van der Waals surface area contributed by atoms with Gasteiger partial charge in [0.2, 0.25) is 0 Å². The first-order valence-electron chi connectivity index (χ1n) is 6.00. The van der Waals surface area contributed by atoms with Crippen molar-refractivity contribution < 1.29 is 4.79 Å². The van der Waals surface area contributed by atoms with Crippen LogP contribution in [0, 0.1) is 5.92 Å². The molecule has 2 atom stereocenters. The lowest BCUT2D eigenvalue weighted by Gasteiger charge is -2.21. The molecule has 0 saturated heterocycles. The van der Waals surface area contributed by atoms with E-state index in [2.05, 4.69) is 38.1 Å². The van der Waals surface area contributed by atoms with Gasteiger partial charge in [-0.05, 0) is 30.2 Å². The molecule has 17 heavy (non-hydrogen) atoms. The highest BCUT2D eigenvalue weighted by Crippen LogP contribution is 2.36. The van der Waals surface area contributed by atoms with E-state index in [9.17, 15) is 4.79 Å². The first-order chi connectivity index (χ1) is 8.15. The van der Waals surface area contributed by atoms with Crippen molar-refractivity contribution in [2.75, 3.05) is 5.75 Å². The molecule has 1 aromatic rings. The van der Waals surface area contributed by atoms with Gasteiger partial charge in [0, 0.05) is 5.25 Å². The summed E-state index contributed by atoms with van der Waals surface area (Å²) in [7, 11) is 0. The second-order valence-electron chi connectivity index (χ2n) is 4.12. The van der Waals surface area contributed by atoms with Crippen molar-refractivity contribution in [1.82, 2.24) is 0 Å². The molecule has 92 valence electrons. The van der Waals surface area contributed by atoms with E-state index in [1.54, 1.807) is 13.0 Å². The molecular weight excluding hydrogens is 228 g/mol. The number of thioether (sulfide) groups is 1. The lowest BCUT2D eigenvalue weighted by atomic mass is 9.99. The van der Waals surface area contributed by atoms with Crippen LogP contribution in [0.25, 0.3) is 0 Å². The molecule has 1 aromatic carbocycles. The maximum absolute atomic E-state index is 11.0. The number of allylic oxidation sites excluding steroid dienone is 2. The molecule has 0 radical (unpaired) electrons. The summed E-state index contributed by atoms with van der Waals surface area (Å²) >= 11 is 1.93. The maximum Gasteiger partial charge on any atom is 0.152 e. The standard InChI is InChI=1S/C15H20OS/c1-4-17-15(12(2)10-11-13(3)16)14-8-6-5-7-9-14/h5-12,15H,4H2,1-3H3/b11-10+/t12-,15-/m1/s1. The molecule has 0 amide bonds. The number of carbonyl (C=O) groups excluding carboxylic acids is 1. The minimum absolute atomic E-state index is 0.116. The molecule has 1 rings (SSSR count). The van der Waals surface area contributed by atoms with E-state index in [-0.39, 0.29) is 5.78 Å². The quantitative estimate of drug-likeness (QED) is 0.700. The summed E-state index contributed by atoms with van der Waals surface area (Å²) in [4.78, 5) is 11.0.